The smallest absolute Gasteiger partial charge is 0.410 e. The second kappa shape index (κ2) is 9.54. The summed E-state index contributed by atoms with van der Waals surface area (Å²) in [7, 11) is 1.68. The van der Waals surface area contributed by atoms with Crippen molar-refractivity contribution in [3.05, 3.63) is 11.3 Å². The van der Waals surface area contributed by atoms with Gasteiger partial charge in [-0.3, -0.25) is 4.79 Å². The predicted molar refractivity (Wildman–Crippen MR) is 145 cm³/mol. The van der Waals surface area contributed by atoms with Gasteiger partial charge in [0.2, 0.25) is 11.9 Å². The number of carbonyl (C=O) groups excluding carboxylic acids is 2. The highest BCUT2D eigenvalue weighted by molar-refractivity contribution is 5.91. The van der Waals surface area contributed by atoms with Gasteiger partial charge in [0.15, 0.2) is 0 Å². The van der Waals surface area contributed by atoms with E-state index in [1.54, 1.807) is 12.0 Å². The molecule has 0 spiro atoms. The molecule has 2 amide bonds. The van der Waals surface area contributed by atoms with Crippen molar-refractivity contribution >= 4 is 23.8 Å². The molecule has 2 aliphatic carbocycles. The summed E-state index contributed by atoms with van der Waals surface area (Å²) in [5.74, 6) is 1.69. The van der Waals surface area contributed by atoms with E-state index in [1.807, 2.05) is 20.8 Å². The number of ether oxygens (including phenoxy) is 2. The number of fused-ring (bicyclic) bond motifs is 2. The summed E-state index contributed by atoms with van der Waals surface area (Å²) < 4.78 is 11.2. The van der Waals surface area contributed by atoms with Crippen LogP contribution in [-0.2, 0) is 26.1 Å². The SMILES string of the molecule is CO[C@H]1C[C@@H](CCNc2nc(N3CC4CC3(C(N)=O)C4)c3c(n2)C(C)(C)CCC3)N(C(=O)OC(C)(C)C)C1. The van der Waals surface area contributed by atoms with Crippen LogP contribution in [0.15, 0.2) is 0 Å². The Balaban J connectivity index is 1.36. The number of methoxy groups -OCH3 is 1. The van der Waals surface area contributed by atoms with Crippen molar-refractivity contribution in [1.82, 2.24) is 14.9 Å². The normalized spacial score (nSPS) is 29.6. The van der Waals surface area contributed by atoms with Gasteiger partial charge in [0, 0.05) is 37.2 Å². The van der Waals surface area contributed by atoms with Crippen LogP contribution in [0.3, 0.4) is 0 Å². The number of nitrogens with one attached hydrogen (secondary N) is 1. The Morgan fingerprint density at radius 3 is 2.58 bits per heavy atom. The summed E-state index contributed by atoms with van der Waals surface area (Å²) in [6, 6.07) is -0.000209. The maximum absolute atomic E-state index is 12.9. The first-order valence-corrected chi connectivity index (χ1v) is 14.1. The van der Waals surface area contributed by atoms with E-state index in [-0.39, 0.29) is 29.6 Å². The molecule has 10 nitrogen and oxygen atoms in total. The molecular weight excluding hydrogens is 484 g/mol. The van der Waals surface area contributed by atoms with Crippen molar-refractivity contribution in [1.29, 1.82) is 0 Å². The van der Waals surface area contributed by atoms with E-state index in [0.29, 0.717) is 25.0 Å². The lowest BCUT2D eigenvalue weighted by Crippen LogP contribution is -2.56. The fourth-order valence-electron chi connectivity index (χ4n) is 6.90. The van der Waals surface area contributed by atoms with Gasteiger partial charge in [-0.1, -0.05) is 13.8 Å². The first-order chi connectivity index (χ1) is 17.8. The van der Waals surface area contributed by atoms with Crippen LogP contribution in [0.25, 0.3) is 0 Å². The zero-order valence-corrected chi connectivity index (χ0v) is 23.8. The van der Waals surface area contributed by atoms with Crippen LogP contribution < -0.4 is 16.0 Å². The predicted octanol–water partition coefficient (Wildman–Crippen LogP) is 3.37. The van der Waals surface area contributed by atoms with Crippen LogP contribution in [-0.4, -0.2) is 76.9 Å². The van der Waals surface area contributed by atoms with Crippen molar-refractivity contribution in [2.75, 3.05) is 37.0 Å². The molecule has 4 fully saturated rings. The minimum atomic E-state index is -0.613. The van der Waals surface area contributed by atoms with E-state index >= 15 is 0 Å². The van der Waals surface area contributed by atoms with E-state index in [0.717, 1.165) is 68.6 Å². The van der Waals surface area contributed by atoms with Crippen LogP contribution >= 0.6 is 0 Å². The monoisotopic (exact) mass is 528 g/mol. The molecule has 3 N–H and O–H groups in total. The minimum absolute atomic E-state index is 0.000209. The number of likely N-dealkylation sites (tertiary alicyclic amines) is 1. The van der Waals surface area contributed by atoms with Gasteiger partial charge in [-0.2, -0.15) is 4.98 Å². The zero-order chi connectivity index (χ0) is 27.5. The first kappa shape index (κ1) is 27.0. The number of primary amides is 1. The molecule has 1 aromatic heterocycles. The number of aromatic nitrogens is 2. The first-order valence-electron chi connectivity index (χ1n) is 14.1. The van der Waals surface area contributed by atoms with Gasteiger partial charge >= 0.3 is 6.09 Å². The van der Waals surface area contributed by atoms with E-state index in [4.69, 9.17) is 25.2 Å². The number of nitrogens with zero attached hydrogens (tertiary/aromatic N) is 4. The minimum Gasteiger partial charge on any atom is -0.444 e. The molecule has 4 heterocycles. The molecule has 3 saturated heterocycles. The van der Waals surface area contributed by atoms with Gasteiger partial charge in [-0.15, -0.1) is 0 Å². The van der Waals surface area contributed by atoms with Crippen molar-refractivity contribution in [3.63, 3.8) is 0 Å². The van der Waals surface area contributed by atoms with Crippen LogP contribution in [0.2, 0.25) is 0 Å². The van der Waals surface area contributed by atoms with Crippen LogP contribution in [0.5, 0.6) is 0 Å². The lowest BCUT2D eigenvalue weighted by molar-refractivity contribution is -0.125. The lowest BCUT2D eigenvalue weighted by atomic mass is 9.72. The summed E-state index contributed by atoms with van der Waals surface area (Å²) in [6.45, 7) is 12.1. The van der Waals surface area contributed by atoms with Gasteiger partial charge < -0.3 is 30.3 Å². The molecule has 0 aromatic carbocycles. The molecule has 38 heavy (non-hydrogen) atoms. The third-order valence-corrected chi connectivity index (χ3v) is 8.88. The molecule has 5 aliphatic rings. The number of anilines is 2. The Labute approximate surface area is 226 Å². The van der Waals surface area contributed by atoms with Crippen molar-refractivity contribution < 1.29 is 19.1 Å². The van der Waals surface area contributed by atoms with Crippen LogP contribution in [0.4, 0.5) is 16.6 Å². The number of hydrogen-bond acceptors (Lipinski definition) is 8. The maximum Gasteiger partial charge on any atom is 0.410 e. The molecule has 10 heteroatoms. The number of nitrogens with two attached hydrogens (primary N) is 1. The van der Waals surface area contributed by atoms with Crippen molar-refractivity contribution in [3.8, 4) is 0 Å². The highest BCUT2D eigenvalue weighted by atomic mass is 16.6. The van der Waals surface area contributed by atoms with Gasteiger partial charge in [0.05, 0.1) is 18.3 Å². The third kappa shape index (κ3) is 4.80. The molecule has 2 atom stereocenters. The number of carbonyl (C=O) groups is 2. The second-order valence-electron chi connectivity index (χ2n) is 13.3. The van der Waals surface area contributed by atoms with E-state index in [1.165, 1.54) is 0 Å². The van der Waals surface area contributed by atoms with Gasteiger partial charge in [-0.05, 0) is 71.6 Å². The molecular formula is C28H44N6O4. The summed E-state index contributed by atoms with van der Waals surface area (Å²) in [5.41, 5.74) is 6.91. The Kier molecular flexibility index (Phi) is 6.77. The largest absolute Gasteiger partial charge is 0.444 e. The standard InChI is InChI=1S/C28H44N6O4/c1-26(2,3)38-25(36)33-16-19(37-6)12-18(33)9-11-30-24-31-21-20(8-7-10-27(21,4)5)22(32-24)34-15-17-13-28(34,14-17)23(29)35/h17-19H,7-16H2,1-6H3,(H2,29,35)(H,30,31,32)/t17?,18-,19+,28?/m1/s1. The third-order valence-electron chi connectivity index (χ3n) is 8.88. The Bertz CT molecular complexity index is 1090. The highest BCUT2D eigenvalue weighted by Gasteiger charge is 2.61. The number of amides is 2. The van der Waals surface area contributed by atoms with Crippen LogP contribution in [0.1, 0.15) is 84.4 Å². The van der Waals surface area contributed by atoms with Crippen molar-refractivity contribution in [2.24, 2.45) is 11.7 Å². The van der Waals surface area contributed by atoms with E-state index < -0.39 is 11.1 Å². The number of hydrogen-bond donors (Lipinski definition) is 2. The zero-order valence-electron chi connectivity index (χ0n) is 23.8. The molecule has 1 saturated carbocycles. The fraction of sp³-hybridized carbons (Fsp3) is 0.786. The molecule has 2 bridgehead atoms. The Morgan fingerprint density at radius 2 is 1.92 bits per heavy atom. The molecule has 6 rings (SSSR count). The topological polar surface area (TPSA) is 123 Å². The van der Waals surface area contributed by atoms with Crippen LogP contribution in [0, 0.1) is 5.92 Å². The Hall–Kier alpha value is -2.62. The van der Waals surface area contributed by atoms with Crippen molar-refractivity contribution in [2.45, 2.75) is 108 Å². The summed E-state index contributed by atoms with van der Waals surface area (Å²) in [4.78, 5) is 39.4. The average molecular weight is 529 g/mol. The summed E-state index contributed by atoms with van der Waals surface area (Å²) in [5, 5.41) is 3.45. The summed E-state index contributed by atoms with van der Waals surface area (Å²) in [6.07, 6.45) is 5.85. The molecule has 0 unspecified atom stereocenters. The van der Waals surface area contributed by atoms with E-state index in [2.05, 4.69) is 24.1 Å². The Morgan fingerprint density at radius 1 is 1.18 bits per heavy atom. The highest BCUT2D eigenvalue weighted by Crippen LogP contribution is 2.53. The molecule has 0 radical (unpaired) electrons. The molecule has 210 valence electrons. The molecule has 1 aromatic rings. The van der Waals surface area contributed by atoms with Gasteiger partial charge in [-0.25, -0.2) is 9.78 Å². The lowest BCUT2D eigenvalue weighted by Gasteiger charge is -2.41. The maximum atomic E-state index is 12.9. The second-order valence-corrected chi connectivity index (χ2v) is 13.3. The van der Waals surface area contributed by atoms with Gasteiger partial charge in [0.25, 0.3) is 0 Å². The average Bonchev–Trinajstić information content (AvgIpc) is 3.49. The molecule has 3 aliphatic heterocycles. The fourth-order valence-corrected chi connectivity index (χ4v) is 6.90. The van der Waals surface area contributed by atoms with Gasteiger partial charge in [0.1, 0.15) is 17.0 Å². The van der Waals surface area contributed by atoms with E-state index in [9.17, 15) is 9.59 Å². The summed E-state index contributed by atoms with van der Waals surface area (Å²) >= 11 is 0. The quantitative estimate of drug-likeness (QED) is 0.552. The number of rotatable bonds is 7.